The number of hydrogen-bond acceptors (Lipinski definition) is 2. The van der Waals surface area contributed by atoms with Crippen molar-refractivity contribution in [3.05, 3.63) is 29.8 Å². The topological polar surface area (TPSA) is 53.2 Å². The number of carbonyl (C=O) groups excluding carboxylic acids is 1. The van der Waals surface area contributed by atoms with Crippen LogP contribution in [-0.4, -0.2) is 19.6 Å². The van der Waals surface area contributed by atoms with E-state index >= 15 is 0 Å². The molecule has 0 spiro atoms. The molecule has 21 heavy (non-hydrogen) atoms. The fourth-order valence-corrected chi connectivity index (χ4v) is 2.90. The first-order valence-electron chi connectivity index (χ1n) is 7.84. The summed E-state index contributed by atoms with van der Waals surface area (Å²) in [6.07, 6.45) is 4.99. The number of anilines is 1. The highest BCUT2D eigenvalue weighted by Gasteiger charge is 2.28. The maximum Gasteiger partial charge on any atom is 0.319 e. The molecule has 1 unspecified atom stereocenters. The Bertz CT molecular complexity index is 463. The van der Waals surface area contributed by atoms with Gasteiger partial charge in [-0.25, -0.2) is 4.79 Å². The van der Waals surface area contributed by atoms with Crippen LogP contribution in [0.25, 0.3) is 0 Å². The van der Waals surface area contributed by atoms with Crippen molar-refractivity contribution in [3.63, 3.8) is 0 Å². The summed E-state index contributed by atoms with van der Waals surface area (Å²) in [4.78, 5) is 12.0. The second kappa shape index (κ2) is 6.94. The van der Waals surface area contributed by atoms with Crippen molar-refractivity contribution in [3.8, 4) is 0 Å². The molecule has 0 aliphatic heterocycles. The Morgan fingerprint density at radius 1 is 1.24 bits per heavy atom. The van der Waals surface area contributed by atoms with Crippen molar-refractivity contribution in [2.75, 3.05) is 18.9 Å². The fraction of sp³-hybridized carbons (Fsp3) is 0.588. The Balaban J connectivity index is 1.82. The zero-order valence-corrected chi connectivity index (χ0v) is 13.3. The van der Waals surface area contributed by atoms with Crippen LogP contribution in [0.3, 0.4) is 0 Å². The second-order valence-corrected chi connectivity index (χ2v) is 6.46. The van der Waals surface area contributed by atoms with Crippen molar-refractivity contribution in [1.82, 2.24) is 10.6 Å². The van der Waals surface area contributed by atoms with Crippen molar-refractivity contribution < 1.29 is 4.79 Å². The Morgan fingerprint density at radius 2 is 1.86 bits per heavy atom. The fourth-order valence-electron chi connectivity index (χ4n) is 2.90. The number of nitrogens with one attached hydrogen (secondary N) is 3. The van der Waals surface area contributed by atoms with Crippen LogP contribution in [0.4, 0.5) is 10.5 Å². The van der Waals surface area contributed by atoms with E-state index in [0.29, 0.717) is 6.04 Å². The minimum atomic E-state index is -0.113. The number of amides is 2. The van der Waals surface area contributed by atoms with Crippen LogP contribution in [-0.2, 0) is 0 Å². The Hall–Kier alpha value is -1.55. The molecule has 0 aromatic heterocycles. The van der Waals surface area contributed by atoms with Crippen LogP contribution < -0.4 is 16.0 Å². The zero-order chi connectivity index (χ0) is 15.3. The number of hydrogen-bond donors (Lipinski definition) is 3. The highest BCUT2D eigenvalue weighted by molar-refractivity contribution is 5.89. The van der Waals surface area contributed by atoms with E-state index in [0.717, 1.165) is 12.2 Å². The SMILES string of the molecule is CNC(C)c1ccc(NC(=O)NCC2(C)CCCC2)cc1. The summed E-state index contributed by atoms with van der Waals surface area (Å²) in [5.41, 5.74) is 2.32. The first kappa shape index (κ1) is 15.8. The molecule has 4 heteroatoms. The Kier molecular flexibility index (Phi) is 5.23. The zero-order valence-electron chi connectivity index (χ0n) is 13.3. The summed E-state index contributed by atoms with van der Waals surface area (Å²) in [7, 11) is 1.94. The van der Waals surface area contributed by atoms with Crippen molar-refractivity contribution in [1.29, 1.82) is 0 Å². The average molecular weight is 289 g/mol. The molecule has 0 radical (unpaired) electrons. The van der Waals surface area contributed by atoms with Gasteiger partial charge in [0.25, 0.3) is 0 Å². The molecule has 1 aromatic carbocycles. The molecule has 116 valence electrons. The van der Waals surface area contributed by atoms with E-state index in [-0.39, 0.29) is 11.4 Å². The van der Waals surface area contributed by atoms with Gasteiger partial charge in [-0.2, -0.15) is 0 Å². The third-order valence-corrected chi connectivity index (χ3v) is 4.59. The maximum absolute atomic E-state index is 12.0. The van der Waals surface area contributed by atoms with E-state index in [1.807, 2.05) is 31.3 Å². The van der Waals surface area contributed by atoms with Gasteiger partial charge in [-0.3, -0.25) is 0 Å². The Morgan fingerprint density at radius 3 is 2.43 bits per heavy atom. The smallest absolute Gasteiger partial charge is 0.319 e. The molecule has 0 saturated heterocycles. The first-order valence-corrected chi connectivity index (χ1v) is 7.84. The molecule has 0 bridgehead atoms. The van der Waals surface area contributed by atoms with Gasteiger partial charge in [0.05, 0.1) is 0 Å². The molecule has 0 heterocycles. The highest BCUT2D eigenvalue weighted by atomic mass is 16.2. The molecule has 1 aromatic rings. The van der Waals surface area contributed by atoms with Crippen LogP contribution in [0.1, 0.15) is 51.1 Å². The first-order chi connectivity index (χ1) is 10.0. The number of rotatable bonds is 5. The highest BCUT2D eigenvalue weighted by Crippen LogP contribution is 2.36. The lowest BCUT2D eigenvalue weighted by Crippen LogP contribution is -2.36. The molecule has 3 N–H and O–H groups in total. The molecule has 1 fully saturated rings. The minimum absolute atomic E-state index is 0.113. The molecular weight excluding hydrogens is 262 g/mol. The monoisotopic (exact) mass is 289 g/mol. The van der Waals surface area contributed by atoms with Gasteiger partial charge in [0, 0.05) is 18.3 Å². The maximum atomic E-state index is 12.0. The lowest BCUT2D eigenvalue weighted by Gasteiger charge is -2.23. The van der Waals surface area contributed by atoms with E-state index in [1.54, 1.807) is 0 Å². The van der Waals surface area contributed by atoms with Gasteiger partial charge in [0.2, 0.25) is 0 Å². The summed E-state index contributed by atoms with van der Waals surface area (Å²) in [6.45, 7) is 5.12. The third kappa shape index (κ3) is 4.46. The average Bonchev–Trinajstić information content (AvgIpc) is 2.92. The second-order valence-electron chi connectivity index (χ2n) is 6.46. The van der Waals surface area contributed by atoms with Gasteiger partial charge in [-0.05, 0) is 49.9 Å². The Labute approximate surface area is 127 Å². The van der Waals surface area contributed by atoms with Gasteiger partial charge in [-0.1, -0.05) is 31.9 Å². The van der Waals surface area contributed by atoms with Gasteiger partial charge in [-0.15, -0.1) is 0 Å². The predicted molar refractivity (Wildman–Crippen MR) is 87.5 cm³/mol. The number of urea groups is 1. The molecule has 2 rings (SSSR count). The van der Waals surface area contributed by atoms with E-state index in [1.165, 1.54) is 31.2 Å². The third-order valence-electron chi connectivity index (χ3n) is 4.59. The largest absolute Gasteiger partial charge is 0.337 e. The van der Waals surface area contributed by atoms with E-state index in [4.69, 9.17) is 0 Å². The summed E-state index contributed by atoms with van der Waals surface area (Å²) in [5.74, 6) is 0. The van der Waals surface area contributed by atoms with Crippen molar-refractivity contribution in [2.24, 2.45) is 5.41 Å². The molecule has 4 nitrogen and oxygen atoms in total. The minimum Gasteiger partial charge on any atom is -0.337 e. The van der Waals surface area contributed by atoms with Crippen LogP contribution in [0.2, 0.25) is 0 Å². The van der Waals surface area contributed by atoms with E-state index in [9.17, 15) is 4.79 Å². The molecule has 1 atom stereocenters. The van der Waals surface area contributed by atoms with E-state index < -0.39 is 0 Å². The van der Waals surface area contributed by atoms with Crippen molar-refractivity contribution in [2.45, 2.75) is 45.6 Å². The summed E-state index contributed by atoms with van der Waals surface area (Å²) < 4.78 is 0. The lowest BCUT2D eigenvalue weighted by atomic mass is 9.89. The molecule has 2 amide bonds. The summed E-state index contributed by atoms with van der Waals surface area (Å²) >= 11 is 0. The van der Waals surface area contributed by atoms with Crippen LogP contribution in [0.5, 0.6) is 0 Å². The van der Waals surface area contributed by atoms with Crippen molar-refractivity contribution >= 4 is 11.7 Å². The summed E-state index contributed by atoms with van der Waals surface area (Å²) in [6, 6.07) is 8.16. The lowest BCUT2D eigenvalue weighted by molar-refractivity contribution is 0.242. The molecule has 1 saturated carbocycles. The molecule has 1 aliphatic carbocycles. The van der Waals surface area contributed by atoms with E-state index in [2.05, 4.69) is 29.8 Å². The van der Waals surface area contributed by atoms with Gasteiger partial charge in [0.1, 0.15) is 0 Å². The number of benzene rings is 1. The number of carbonyl (C=O) groups is 1. The quantitative estimate of drug-likeness (QED) is 0.774. The standard InChI is InChI=1S/C17H27N3O/c1-13(18-3)14-6-8-15(9-7-14)20-16(21)19-12-17(2)10-4-5-11-17/h6-9,13,18H,4-5,10-12H2,1-3H3,(H2,19,20,21). The van der Waals surface area contributed by atoms with Crippen LogP contribution >= 0.6 is 0 Å². The summed E-state index contributed by atoms with van der Waals surface area (Å²) in [5, 5.41) is 9.09. The predicted octanol–water partition coefficient (Wildman–Crippen LogP) is 3.67. The normalized spacial score (nSPS) is 18.2. The van der Waals surface area contributed by atoms with Crippen LogP contribution in [0, 0.1) is 5.41 Å². The molecular formula is C17H27N3O. The van der Waals surface area contributed by atoms with Crippen LogP contribution in [0.15, 0.2) is 24.3 Å². The van der Waals surface area contributed by atoms with Gasteiger partial charge >= 0.3 is 6.03 Å². The van der Waals surface area contributed by atoms with Gasteiger partial charge < -0.3 is 16.0 Å². The van der Waals surface area contributed by atoms with Gasteiger partial charge in [0.15, 0.2) is 0 Å². The molecule has 1 aliphatic rings.